The van der Waals surface area contributed by atoms with Gasteiger partial charge in [-0.15, -0.1) is 0 Å². The van der Waals surface area contributed by atoms with E-state index in [1.807, 2.05) is 4.90 Å². The molecule has 168 valence electrons. The average Bonchev–Trinajstić information content (AvgIpc) is 3.61. The first kappa shape index (κ1) is 20.9. The largest absolute Gasteiger partial charge is 0.388 e. The zero-order valence-corrected chi connectivity index (χ0v) is 19.3. The molecule has 33 heavy (non-hydrogen) atoms. The van der Waals surface area contributed by atoms with E-state index in [2.05, 4.69) is 47.4 Å². The van der Waals surface area contributed by atoms with Gasteiger partial charge in [-0.05, 0) is 84.0 Å². The maximum atomic E-state index is 13.1. The first-order valence-electron chi connectivity index (χ1n) is 11.9. The summed E-state index contributed by atoms with van der Waals surface area (Å²) < 4.78 is 0. The lowest BCUT2D eigenvalue weighted by Gasteiger charge is -2.38. The molecule has 0 radical (unpaired) electrons. The highest BCUT2D eigenvalue weighted by Crippen LogP contribution is 2.49. The van der Waals surface area contributed by atoms with Crippen molar-refractivity contribution in [1.29, 1.82) is 0 Å². The summed E-state index contributed by atoms with van der Waals surface area (Å²) in [5.41, 5.74) is 6.45. The normalized spacial score (nSPS) is 24.2. The molecule has 2 unspecified atom stereocenters. The van der Waals surface area contributed by atoms with Crippen LogP contribution in [0.1, 0.15) is 71.3 Å². The predicted molar refractivity (Wildman–Crippen MR) is 129 cm³/mol. The van der Waals surface area contributed by atoms with Crippen LogP contribution in [0.3, 0.4) is 0 Å². The number of likely N-dealkylation sites (tertiary alicyclic amines) is 1. The van der Waals surface area contributed by atoms with Crippen LogP contribution in [-0.4, -0.2) is 34.0 Å². The molecule has 1 N–H and O–H groups in total. The topological polar surface area (TPSA) is 53.4 Å². The third kappa shape index (κ3) is 3.66. The maximum absolute atomic E-state index is 13.1. The number of halogens is 1. The SMILES string of the molecule is O=C(c1ccc(Cl)cn1)N1CCC2(CCC(O)c3cc(-c4ccccc4C4CC4)ccc32)C1. The molecule has 1 aromatic heterocycles. The second-order valence-corrected chi connectivity index (χ2v) is 10.3. The molecule has 3 aliphatic rings. The molecule has 2 fully saturated rings. The van der Waals surface area contributed by atoms with Gasteiger partial charge < -0.3 is 10.0 Å². The van der Waals surface area contributed by atoms with Gasteiger partial charge in [-0.3, -0.25) is 4.79 Å². The third-order valence-corrected chi connectivity index (χ3v) is 7.98. The van der Waals surface area contributed by atoms with E-state index < -0.39 is 6.10 Å². The number of rotatable bonds is 3. The number of carbonyl (C=O) groups excluding carboxylic acids is 1. The lowest BCUT2D eigenvalue weighted by Crippen LogP contribution is -2.38. The van der Waals surface area contributed by atoms with E-state index in [9.17, 15) is 9.90 Å². The zero-order chi connectivity index (χ0) is 22.6. The first-order valence-corrected chi connectivity index (χ1v) is 12.2. The average molecular weight is 459 g/mol. The number of pyridine rings is 1. The Morgan fingerprint density at radius 2 is 1.88 bits per heavy atom. The standard InChI is InChI=1S/C28H27ClN2O2/c29-20-8-10-25(30-16-20)27(33)31-14-13-28(17-31)12-11-26(32)23-15-19(7-9-24(23)28)22-4-2-1-3-21(22)18-5-6-18/h1-4,7-10,15-16,18,26,32H,5-6,11-14,17H2. The molecular formula is C28H27ClN2O2. The predicted octanol–water partition coefficient (Wildman–Crippen LogP) is 5.89. The number of carbonyl (C=O) groups is 1. The van der Waals surface area contributed by atoms with Crippen molar-refractivity contribution in [2.75, 3.05) is 13.1 Å². The summed E-state index contributed by atoms with van der Waals surface area (Å²) in [7, 11) is 0. The Labute approximate surface area is 199 Å². The van der Waals surface area contributed by atoms with Crippen molar-refractivity contribution in [2.45, 2.75) is 49.5 Å². The summed E-state index contributed by atoms with van der Waals surface area (Å²) in [5.74, 6) is 0.621. The van der Waals surface area contributed by atoms with Gasteiger partial charge in [0.1, 0.15) is 5.69 Å². The van der Waals surface area contributed by atoms with Crippen LogP contribution < -0.4 is 0 Å². The molecule has 4 nitrogen and oxygen atoms in total. The van der Waals surface area contributed by atoms with Crippen LogP contribution in [0.2, 0.25) is 5.02 Å². The van der Waals surface area contributed by atoms with Gasteiger partial charge in [0.2, 0.25) is 0 Å². The number of hydrogen-bond acceptors (Lipinski definition) is 3. The summed E-state index contributed by atoms with van der Waals surface area (Å²) in [4.78, 5) is 19.2. The Balaban J connectivity index is 1.33. The molecular weight excluding hydrogens is 432 g/mol. The molecule has 1 spiro atoms. The van der Waals surface area contributed by atoms with Crippen LogP contribution in [0.15, 0.2) is 60.8 Å². The monoisotopic (exact) mass is 458 g/mol. The zero-order valence-electron chi connectivity index (χ0n) is 18.5. The number of amides is 1. The lowest BCUT2D eigenvalue weighted by molar-refractivity contribution is 0.0769. The Bertz CT molecular complexity index is 1220. The molecule has 1 saturated heterocycles. The highest BCUT2D eigenvalue weighted by Gasteiger charge is 2.46. The molecule has 2 aromatic carbocycles. The highest BCUT2D eigenvalue weighted by molar-refractivity contribution is 6.30. The third-order valence-electron chi connectivity index (χ3n) is 7.75. The van der Waals surface area contributed by atoms with Crippen molar-refractivity contribution < 1.29 is 9.90 Å². The van der Waals surface area contributed by atoms with E-state index in [-0.39, 0.29) is 11.3 Å². The molecule has 1 aliphatic heterocycles. The number of nitrogens with zero attached hydrogens (tertiary/aromatic N) is 2. The van der Waals surface area contributed by atoms with E-state index in [0.29, 0.717) is 29.7 Å². The maximum Gasteiger partial charge on any atom is 0.272 e. The Kier molecular flexibility index (Phi) is 5.04. The molecule has 6 rings (SSSR count). The lowest BCUT2D eigenvalue weighted by atomic mass is 9.68. The second-order valence-electron chi connectivity index (χ2n) is 9.84. The molecule has 5 heteroatoms. The molecule has 2 heterocycles. The number of benzene rings is 2. The van der Waals surface area contributed by atoms with E-state index >= 15 is 0 Å². The number of aliphatic hydroxyl groups is 1. The van der Waals surface area contributed by atoms with Crippen molar-refractivity contribution in [3.05, 3.63) is 88.2 Å². The first-order chi connectivity index (χ1) is 16.0. The molecule has 1 saturated carbocycles. The highest BCUT2D eigenvalue weighted by atomic mass is 35.5. The van der Waals surface area contributed by atoms with Crippen LogP contribution >= 0.6 is 11.6 Å². The van der Waals surface area contributed by atoms with Gasteiger partial charge >= 0.3 is 0 Å². The van der Waals surface area contributed by atoms with Gasteiger partial charge in [-0.25, -0.2) is 4.98 Å². The van der Waals surface area contributed by atoms with Crippen LogP contribution in [0.25, 0.3) is 11.1 Å². The quantitative estimate of drug-likeness (QED) is 0.532. The summed E-state index contributed by atoms with van der Waals surface area (Å²) in [6.07, 6.45) is 6.11. The van der Waals surface area contributed by atoms with Crippen molar-refractivity contribution in [3.63, 3.8) is 0 Å². The van der Waals surface area contributed by atoms with Crippen molar-refractivity contribution in [1.82, 2.24) is 9.88 Å². The van der Waals surface area contributed by atoms with Crippen molar-refractivity contribution in [2.24, 2.45) is 0 Å². The van der Waals surface area contributed by atoms with Crippen molar-refractivity contribution >= 4 is 17.5 Å². The molecule has 2 aliphatic carbocycles. The van der Waals surface area contributed by atoms with Crippen LogP contribution in [0, 0.1) is 0 Å². The van der Waals surface area contributed by atoms with Gasteiger partial charge in [0.15, 0.2) is 0 Å². The van der Waals surface area contributed by atoms with Crippen molar-refractivity contribution in [3.8, 4) is 11.1 Å². The molecule has 2 atom stereocenters. The summed E-state index contributed by atoms with van der Waals surface area (Å²) in [6, 6.07) is 18.7. The van der Waals surface area contributed by atoms with Crippen LogP contribution in [0.4, 0.5) is 0 Å². The van der Waals surface area contributed by atoms with Gasteiger partial charge in [0.05, 0.1) is 11.1 Å². The fourth-order valence-corrected chi connectivity index (χ4v) is 5.95. The van der Waals surface area contributed by atoms with Crippen LogP contribution in [-0.2, 0) is 5.41 Å². The van der Waals surface area contributed by atoms with Crippen LogP contribution in [0.5, 0.6) is 0 Å². The molecule has 0 bridgehead atoms. The minimum Gasteiger partial charge on any atom is -0.388 e. The Morgan fingerprint density at radius 1 is 1.03 bits per heavy atom. The molecule has 1 amide bonds. The summed E-state index contributed by atoms with van der Waals surface area (Å²) in [6.45, 7) is 1.36. The minimum atomic E-state index is -0.457. The van der Waals surface area contributed by atoms with E-state index in [1.165, 1.54) is 41.3 Å². The number of aliphatic hydroxyl groups excluding tert-OH is 1. The number of aromatic nitrogens is 1. The van der Waals surface area contributed by atoms with Gasteiger partial charge in [0.25, 0.3) is 5.91 Å². The second kappa shape index (κ2) is 7.96. The smallest absolute Gasteiger partial charge is 0.272 e. The fourth-order valence-electron chi connectivity index (χ4n) is 5.84. The van der Waals surface area contributed by atoms with Gasteiger partial charge in [0, 0.05) is 24.7 Å². The van der Waals surface area contributed by atoms with Gasteiger partial charge in [-0.2, -0.15) is 0 Å². The van der Waals surface area contributed by atoms with E-state index in [0.717, 1.165) is 24.8 Å². The molecule has 3 aromatic rings. The fraction of sp³-hybridized carbons (Fsp3) is 0.357. The minimum absolute atomic E-state index is 0.0498. The summed E-state index contributed by atoms with van der Waals surface area (Å²) >= 11 is 5.94. The van der Waals surface area contributed by atoms with E-state index in [1.54, 1.807) is 12.1 Å². The van der Waals surface area contributed by atoms with E-state index in [4.69, 9.17) is 11.6 Å². The number of fused-ring (bicyclic) bond motifs is 2. The summed E-state index contributed by atoms with van der Waals surface area (Å²) in [5, 5.41) is 11.5. The number of hydrogen-bond donors (Lipinski definition) is 1. The van der Waals surface area contributed by atoms with Gasteiger partial charge in [-0.1, -0.05) is 48.0 Å². The Morgan fingerprint density at radius 3 is 2.67 bits per heavy atom. The Hall–Kier alpha value is -2.69.